The van der Waals surface area contributed by atoms with Crippen molar-refractivity contribution in [2.24, 2.45) is 0 Å². The van der Waals surface area contributed by atoms with E-state index in [9.17, 15) is 4.79 Å². The molecular weight excluding hydrogens is 238 g/mol. The summed E-state index contributed by atoms with van der Waals surface area (Å²) in [6.07, 6.45) is 4.01. The fraction of sp³-hybridized carbons (Fsp3) is 0.733. The average molecular weight is 265 g/mol. The zero-order valence-electron chi connectivity index (χ0n) is 12.9. The van der Waals surface area contributed by atoms with Gasteiger partial charge in [-0.1, -0.05) is 6.92 Å². The Labute approximate surface area is 116 Å². The number of hydrogen-bond acceptors (Lipinski definition) is 3. The molecule has 0 bridgehead atoms. The van der Waals surface area contributed by atoms with E-state index in [4.69, 9.17) is 0 Å². The lowest BCUT2D eigenvalue weighted by atomic mass is 10.1. The average Bonchev–Trinajstić information content (AvgIpc) is 2.74. The molecule has 1 atom stereocenters. The molecule has 1 rings (SSSR count). The number of nitrogens with one attached hydrogen (secondary N) is 1. The third-order valence-corrected chi connectivity index (χ3v) is 3.14. The zero-order chi connectivity index (χ0) is 14.5. The van der Waals surface area contributed by atoms with E-state index in [1.807, 2.05) is 16.9 Å². The number of hydrogen-bond donors (Lipinski definition) is 1. The molecule has 0 saturated heterocycles. The van der Waals surface area contributed by atoms with Gasteiger partial charge in [-0.2, -0.15) is 5.10 Å². The molecule has 0 aliphatic rings. The Morgan fingerprint density at radius 3 is 2.74 bits per heavy atom. The van der Waals surface area contributed by atoms with Crippen molar-refractivity contribution in [1.29, 1.82) is 0 Å². The van der Waals surface area contributed by atoms with Gasteiger partial charge in [0.1, 0.15) is 5.78 Å². The number of carbonyl (C=O) groups is 1. The van der Waals surface area contributed by atoms with Gasteiger partial charge >= 0.3 is 0 Å². The Bertz CT molecular complexity index is 404. The van der Waals surface area contributed by atoms with E-state index in [1.54, 1.807) is 0 Å². The van der Waals surface area contributed by atoms with Crippen LogP contribution in [0.25, 0.3) is 0 Å². The summed E-state index contributed by atoms with van der Waals surface area (Å²) in [5.74, 6) is 0.242. The normalized spacial score (nSPS) is 13.5. The van der Waals surface area contributed by atoms with E-state index in [0.29, 0.717) is 18.9 Å². The summed E-state index contributed by atoms with van der Waals surface area (Å²) in [6.45, 7) is 11.3. The van der Waals surface area contributed by atoms with Crippen LogP contribution in [0.15, 0.2) is 12.3 Å². The van der Waals surface area contributed by atoms with Gasteiger partial charge in [-0.25, -0.2) is 0 Å². The first kappa shape index (κ1) is 15.9. The Kier molecular flexibility index (Phi) is 5.73. The molecule has 4 heteroatoms. The van der Waals surface area contributed by atoms with E-state index in [0.717, 1.165) is 18.7 Å². The molecule has 0 radical (unpaired) electrons. The van der Waals surface area contributed by atoms with Crippen molar-refractivity contribution in [3.05, 3.63) is 18.0 Å². The monoisotopic (exact) mass is 265 g/mol. The molecule has 1 heterocycles. The van der Waals surface area contributed by atoms with Crippen molar-refractivity contribution in [3.63, 3.8) is 0 Å². The highest BCUT2D eigenvalue weighted by atomic mass is 16.1. The number of Topliss-reactive ketones (excluding diaryl/α,β-unsaturated/α-hetero) is 1. The second-order valence-electron chi connectivity index (χ2n) is 6.19. The van der Waals surface area contributed by atoms with Gasteiger partial charge in [0.05, 0.1) is 12.1 Å². The highest BCUT2D eigenvalue weighted by molar-refractivity contribution is 5.80. The summed E-state index contributed by atoms with van der Waals surface area (Å²) >= 11 is 0. The van der Waals surface area contributed by atoms with Crippen molar-refractivity contribution in [2.45, 2.75) is 65.5 Å². The summed E-state index contributed by atoms with van der Waals surface area (Å²) in [5.41, 5.74) is 0.944. The number of aromatic nitrogens is 2. The Morgan fingerprint density at radius 2 is 2.16 bits per heavy atom. The van der Waals surface area contributed by atoms with Gasteiger partial charge in [0.25, 0.3) is 0 Å². The van der Waals surface area contributed by atoms with Gasteiger partial charge in [0.2, 0.25) is 0 Å². The molecule has 0 fully saturated rings. The fourth-order valence-electron chi connectivity index (χ4n) is 1.77. The standard InChI is InChI=1S/C15H27N3O/c1-6-12(2)18-10-8-13(17-18)11-14(19)7-9-16-15(3,4)5/h8,10,12,16H,6-7,9,11H2,1-5H3. The molecule has 0 aliphatic carbocycles. The lowest BCUT2D eigenvalue weighted by Gasteiger charge is -2.19. The van der Waals surface area contributed by atoms with Gasteiger partial charge < -0.3 is 5.32 Å². The molecule has 4 nitrogen and oxygen atoms in total. The van der Waals surface area contributed by atoms with Gasteiger partial charge in [0, 0.05) is 30.7 Å². The molecule has 19 heavy (non-hydrogen) atoms. The summed E-state index contributed by atoms with van der Waals surface area (Å²) in [7, 11) is 0. The van der Waals surface area contributed by atoms with Crippen LogP contribution in [0.5, 0.6) is 0 Å². The molecule has 1 unspecified atom stereocenters. The first-order chi connectivity index (χ1) is 8.81. The molecule has 1 aromatic rings. The van der Waals surface area contributed by atoms with Crippen LogP contribution >= 0.6 is 0 Å². The van der Waals surface area contributed by atoms with E-state index >= 15 is 0 Å². The van der Waals surface area contributed by atoms with Crippen LogP contribution in [-0.4, -0.2) is 27.6 Å². The molecule has 0 aromatic carbocycles. The van der Waals surface area contributed by atoms with Crippen molar-refractivity contribution >= 4 is 5.78 Å². The van der Waals surface area contributed by atoms with Gasteiger partial charge in [0.15, 0.2) is 0 Å². The minimum Gasteiger partial charge on any atom is -0.312 e. The SMILES string of the molecule is CCC(C)n1ccc(CC(=O)CCNC(C)(C)C)n1. The number of nitrogens with zero attached hydrogens (tertiary/aromatic N) is 2. The zero-order valence-corrected chi connectivity index (χ0v) is 12.9. The van der Waals surface area contributed by atoms with Gasteiger partial charge in [-0.15, -0.1) is 0 Å². The molecule has 0 spiro atoms. The quantitative estimate of drug-likeness (QED) is 0.824. The van der Waals surface area contributed by atoms with Crippen molar-refractivity contribution in [1.82, 2.24) is 15.1 Å². The van der Waals surface area contributed by atoms with Crippen LogP contribution in [0.4, 0.5) is 0 Å². The first-order valence-electron chi connectivity index (χ1n) is 7.12. The van der Waals surface area contributed by atoms with Crippen LogP contribution < -0.4 is 5.32 Å². The predicted octanol–water partition coefficient (Wildman–Crippen LogP) is 2.74. The molecule has 108 valence electrons. The molecule has 0 saturated carbocycles. The van der Waals surface area contributed by atoms with E-state index < -0.39 is 0 Å². The maximum Gasteiger partial charge on any atom is 0.140 e. The highest BCUT2D eigenvalue weighted by Gasteiger charge is 2.11. The summed E-state index contributed by atoms with van der Waals surface area (Å²) in [5, 5.41) is 7.78. The van der Waals surface area contributed by atoms with Crippen LogP contribution in [0.1, 0.15) is 59.2 Å². The van der Waals surface area contributed by atoms with Gasteiger partial charge in [-0.05, 0) is 40.2 Å². The van der Waals surface area contributed by atoms with Crippen LogP contribution in [0.2, 0.25) is 0 Å². The maximum atomic E-state index is 11.9. The maximum absolute atomic E-state index is 11.9. The number of rotatable bonds is 7. The number of carbonyl (C=O) groups excluding carboxylic acids is 1. The lowest BCUT2D eigenvalue weighted by molar-refractivity contribution is -0.118. The molecule has 1 N–H and O–H groups in total. The summed E-state index contributed by atoms with van der Waals surface area (Å²) in [4.78, 5) is 11.9. The third kappa shape index (κ3) is 6.01. The van der Waals surface area contributed by atoms with Crippen LogP contribution in [-0.2, 0) is 11.2 Å². The Morgan fingerprint density at radius 1 is 1.47 bits per heavy atom. The molecule has 0 amide bonds. The summed E-state index contributed by atoms with van der Waals surface area (Å²) in [6, 6.07) is 2.34. The van der Waals surface area contributed by atoms with Crippen LogP contribution in [0, 0.1) is 0 Å². The minimum absolute atomic E-state index is 0.0679. The van der Waals surface area contributed by atoms with Crippen molar-refractivity contribution < 1.29 is 4.79 Å². The second kappa shape index (κ2) is 6.85. The van der Waals surface area contributed by atoms with E-state index in [1.165, 1.54) is 0 Å². The smallest absolute Gasteiger partial charge is 0.140 e. The fourth-order valence-corrected chi connectivity index (χ4v) is 1.77. The van der Waals surface area contributed by atoms with Crippen molar-refractivity contribution in [2.75, 3.05) is 6.54 Å². The largest absolute Gasteiger partial charge is 0.312 e. The second-order valence-corrected chi connectivity index (χ2v) is 6.19. The van der Waals surface area contributed by atoms with E-state index in [-0.39, 0.29) is 11.3 Å². The summed E-state index contributed by atoms with van der Waals surface area (Å²) < 4.78 is 1.94. The van der Waals surface area contributed by atoms with Crippen molar-refractivity contribution in [3.8, 4) is 0 Å². The first-order valence-corrected chi connectivity index (χ1v) is 7.12. The topological polar surface area (TPSA) is 46.9 Å². The Hall–Kier alpha value is -1.16. The van der Waals surface area contributed by atoms with E-state index in [2.05, 4.69) is 45.0 Å². The number of ketones is 1. The molecule has 1 aromatic heterocycles. The molecule has 0 aliphatic heterocycles. The Balaban J connectivity index is 2.38. The predicted molar refractivity (Wildman–Crippen MR) is 78.3 cm³/mol. The van der Waals surface area contributed by atoms with Crippen LogP contribution in [0.3, 0.4) is 0 Å². The molecular formula is C15H27N3O. The highest BCUT2D eigenvalue weighted by Crippen LogP contribution is 2.10. The lowest BCUT2D eigenvalue weighted by Crippen LogP contribution is -2.37. The van der Waals surface area contributed by atoms with Gasteiger partial charge in [-0.3, -0.25) is 9.48 Å². The minimum atomic E-state index is 0.0679. The third-order valence-electron chi connectivity index (χ3n) is 3.14.